The van der Waals surface area contributed by atoms with E-state index in [0.717, 1.165) is 38.3 Å². The molecule has 6 nitrogen and oxygen atoms in total. The van der Waals surface area contributed by atoms with Crippen LogP contribution in [0.25, 0.3) is 0 Å². The average Bonchev–Trinajstić information content (AvgIpc) is 2.61. The van der Waals surface area contributed by atoms with Crippen molar-refractivity contribution in [1.29, 1.82) is 0 Å². The Morgan fingerprint density at radius 3 is 2.26 bits per heavy atom. The molecule has 0 saturated carbocycles. The maximum atomic E-state index is 11.6. The fourth-order valence-electron chi connectivity index (χ4n) is 2.41. The molecule has 0 aromatic heterocycles. The van der Waals surface area contributed by atoms with Crippen LogP contribution in [0.5, 0.6) is 0 Å². The van der Waals surface area contributed by atoms with Crippen molar-refractivity contribution in [2.75, 3.05) is 44.3 Å². The van der Waals surface area contributed by atoms with Crippen LogP contribution in [-0.4, -0.2) is 51.2 Å². The Kier molecular flexibility index (Phi) is 6.87. The van der Waals surface area contributed by atoms with Crippen LogP contribution in [0, 0.1) is 0 Å². The minimum atomic E-state index is -0.566. The van der Waals surface area contributed by atoms with Crippen LogP contribution in [0.2, 0.25) is 0 Å². The summed E-state index contributed by atoms with van der Waals surface area (Å²) in [4.78, 5) is 25.3. The van der Waals surface area contributed by atoms with Crippen molar-refractivity contribution in [3.63, 3.8) is 0 Å². The first-order valence-electron chi connectivity index (χ1n) is 8.18. The second-order valence-corrected chi connectivity index (χ2v) is 5.53. The lowest BCUT2D eigenvalue weighted by atomic mass is 10.1. The fraction of sp³-hybridized carbons (Fsp3) is 0.529. The second kappa shape index (κ2) is 9.15. The van der Waals surface area contributed by atoms with Gasteiger partial charge >= 0.3 is 11.8 Å². The first-order chi connectivity index (χ1) is 11.2. The molecule has 1 fully saturated rings. The van der Waals surface area contributed by atoms with Crippen LogP contribution in [0.4, 0.5) is 5.69 Å². The molecule has 1 aliphatic heterocycles. The molecule has 0 aliphatic carbocycles. The van der Waals surface area contributed by atoms with Crippen molar-refractivity contribution in [3.8, 4) is 0 Å². The number of carbonyl (C=O) groups is 2. The molecule has 0 bridgehead atoms. The number of benzene rings is 1. The summed E-state index contributed by atoms with van der Waals surface area (Å²) >= 11 is 0. The van der Waals surface area contributed by atoms with Crippen LogP contribution < -0.4 is 15.5 Å². The lowest BCUT2D eigenvalue weighted by Gasteiger charge is -2.28. The molecule has 2 N–H and O–H groups in total. The average molecular weight is 319 g/mol. The molecule has 0 atom stereocenters. The number of morpholine rings is 1. The summed E-state index contributed by atoms with van der Waals surface area (Å²) in [7, 11) is 0. The lowest BCUT2D eigenvalue weighted by molar-refractivity contribution is -0.139. The maximum absolute atomic E-state index is 11.6. The van der Waals surface area contributed by atoms with Gasteiger partial charge in [0, 0.05) is 31.9 Å². The third kappa shape index (κ3) is 5.56. The van der Waals surface area contributed by atoms with Gasteiger partial charge in [-0.2, -0.15) is 0 Å². The summed E-state index contributed by atoms with van der Waals surface area (Å²) in [5.41, 5.74) is 2.33. The van der Waals surface area contributed by atoms with Crippen molar-refractivity contribution in [1.82, 2.24) is 10.6 Å². The third-order valence-electron chi connectivity index (χ3n) is 3.75. The van der Waals surface area contributed by atoms with E-state index in [0.29, 0.717) is 19.5 Å². The molecule has 0 unspecified atom stereocenters. The maximum Gasteiger partial charge on any atom is 0.309 e. The second-order valence-electron chi connectivity index (χ2n) is 5.53. The van der Waals surface area contributed by atoms with Crippen LogP contribution in [0.15, 0.2) is 24.3 Å². The standard InChI is InChI=1S/C17H25N3O3/c1-2-8-18-16(21)17(22)19-9-7-14-3-5-15(6-4-14)20-10-12-23-13-11-20/h3-6H,2,7-13H2,1H3,(H,18,21)(H,19,22). The SMILES string of the molecule is CCCNC(=O)C(=O)NCCc1ccc(N2CCOCC2)cc1. The van der Waals surface area contributed by atoms with Gasteiger partial charge in [-0.15, -0.1) is 0 Å². The summed E-state index contributed by atoms with van der Waals surface area (Å²) in [5.74, 6) is -1.13. The van der Waals surface area contributed by atoms with Gasteiger partial charge in [0.1, 0.15) is 0 Å². The van der Waals surface area contributed by atoms with Gasteiger partial charge in [0.15, 0.2) is 0 Å². The van der Waals surface area contributed by atoms with Gasteiger partial charge in [0.05, 0.1) is 13.2 Å². The highest BCUT2D eigenvalue weighted by molar-refractivity contribution is 6.35. The quantitative estimate of drug-likeness (QED) is 0.758. The highest BCUT2D eigenvalue weighted by Gasteiger charge is 2.12. The van der Waals surface area contributed by atoms with Gasteiger partial charge in [-0.25, -0.2) is 0 Å². The topological polar surface area (TPSA) is 70.7 Å². The number of anilines is 1. The summed E-state index contributed by atoms with van der Waals surface area (Å²) < 4.78 is 5.35. The number of ether oxygens (including phenoxy) is 1. The van der Waals surface area contributed by atoms with Crippen molar-refractivity contribution in [2.45, 2.75) is 19.8 Å². The Morgan fingerprint density at radius 2 is 1.65 bits per heavy atom. The summed E-state index contributed by atoms with van der Waals surface area (Å²) in [6, 6.07) is 8.31. The Morgan fingerprint density at radius 1 is 1.04 bits per heavy atom. The van der Waals surface area contributed by atoms with E-state index in [1.165, 1.54) is 5.69 Å². The van der Waals surface area contributed by atoms with Gasteiger partial charge in [0.2, 0.25) is 0 Å². The van der Waals surface area contributed by atoms with Gasteiger partial charge in [-0.3, -0.25) is 9.59 Å². The molecular formula is C17H25N3O3. The van der Waals surface area contributed by atoms with E-state index in [4.69, 9.17) is 4.74 Å². The number of rotatable bonds is 6. The largest absolute Gasteiger partial charge is 0.378 e. The normalized spacial score (nSPS) is 14.4. The minimum Gasteiger partial charge on any atom is -0.378 e. The molecule has 0 radical (unpaired) electrons. The van der Waals surface area contributed by atoms with Gasteiger partial charge < -0.3 is 20.3 Å². The van der Waals surface area contributed by atoms with Crippen LogP contribution in [-0.2, 0) is 20.7 Å². The first-order valence-corrected chi connectivity index (χ1v) is 8.18. The molecule has 126 valence electrons. The molecule has 1 aliphatic rings. The van der Waals surface area contributed by atoms with E-state index in [1.807, 2.05) is 6.92 Å². The van der Waals surface area contributed by atoms with E-state index in [9.17, 15) is 9.59 Å². The monoisotopic (exact) mass is 319 g/mol. The highest BCUT2D eigenvalue weighted by atomic mass is 16.5. The van der Waals surface area contributed by atoms with E-state index in [1.54, 1.807) is 0 Å². The lowest BCUT2D eigenvalue weighted by Crippen LogP contribution is -2.40. The van der Waals surface area contributed by atoms with E-state index >= 15 is 0 Å². The van der Waals surface area contributed by atoms with Crippen molar-refractivity contribution in [2.24, 2.45) is 0 Å². The van der Waals surface area contributed by atoms with Crippen LogP contribution in [0.3, 0.4) is 0 Å². The predicted octanol–water partition coefficient (Wildman–Crippen LogP) is 0.708. The Hall–Kier alpha value is -2.08. The predicted molar refractivity (Wildman–Crippen MR) is 89.5 cm³/mol. The number of carbonyl (C=O) groups excluding carboxylic acids is 2. The summed E-state index contributed by atoms with van der Waals surface area (Å²) in [5, 5.41) is 5.20. The van der Waals surface area contributed by atoms with Crippen molar-refractivity contribution in [3.05, 3.63) is 29.8 Å². The summed E-state index contributed by atoms with van der Waals surface area (Å²) in [6.45, 7) is 6.30. The number of hydrogen-bond donors (Lipinski definition) is 2. The molecule has 6 heteroatoms. The zero-order valence-electron chi connectivity index (χ0n) is 13.6. The molecule has 2 rings (SSSR count). The fourth-order valence-corrected chi connectivity index (χ4v) is 2.41. The van der Waals surface area contributed by atoms with Gasteiger partial charge in [-0.1, -0.05) is 19.1 Å². The highest BCUT2D eigenvalue weighted by Crippen LogP contribution is 2.16. The number of nitrogens with zero attached hydrogens (tertiary/aromatic N) is 1. The van der Waals surface area contributed by atoms with Crippen LogP contribution in [0.1, 0.15) is 18.9 Å². The molecule has 1 heterocycles. The molecule has 1 aromatic rings. The van der Waals surface area contributed by atoms with E-state index < -0.39 is 11.8 Å². The Bertz CT molecular complexity index is 510. The number of nitrogens with one attached hydrogen (secondary N) is 2. The molecule has 2 amide bonds. The van der Waals surface area contributed by atoms with E-state index in [-0.39, 0.29) is 0 Å². The third-order valence-corrected chi connectivity index (χ3v) is 3.75. The number of hydrogen-bond acceptors (Lipinski definition) is 4. The Labute approximate surface area is 137 Å². The molecule has 23 heavy (non-hydrogen) atoms. The smallest absolute Gasteiger partial charge is 0.309 e. The first kappa shape index (κ1) is 17.3. The molecular weight excluding hydrogens is 294 g/mol. The Balaban J connectivity index is 1.73. The molecule has 1 aromatic carbocycles. The number of amides is 2. The zero-order chi connectivity index (χ0) is 16.5. The van der Waals surface area contributed by atoms with Crippen molar-refractivity contribution >= 4 is 17.5 Å². The van der Waals surface area contributed by atoms with Gasteiger partial charge in [0.25, 0.3) is 0 Å². The minimum absolute atomic E-state index is 0.454. The van der Waals surface area contributed by atoms with E-state index in [2.05, 4.69) is 39.8 Å². The molecule has 0 spiro atoms. The zero-order valence-corrected chi connectivity index (χ0v) is 13.6. The summed E-state index contributed by atoms with van der Waals surface area (Å²) in [6.07, 6.45) is 1.52. The van der Waals surface area contributed by atoms with Gasteiger partial charge in [-0.05, 0) is 30.5 Å². The van der Waals surface area contributed by atoms with Crippen molar-refractivity contribution < 1.29 is 14.3 Å². The molecule has 1 saturated heterocycles. The van der Waals surface area contributed by atoms with Crippen LogP contribution >= 0.6 is 0 Å².